The smallest absolute Gasteiger partial charge is 0.254 e. The molecule has 3 unspecified atom stereocenters. The molecule has 0 bridgehead atoms. The lowest BCUT2D eigenvalue weighted by molar-refractivity contribution is 0.0735. The maximum atomic E-state index is 14.5. The first kappa shape index (κ1) is 35.1. The van der Waals surface area contributed by atoms with Crippen LogP contribution in [0.15, 0.2) is 72.4 Å². The summed E-state index contributed by atoms with van der Waals surface area (Å²) < 4.78 is 14.5. The summed E-state index contributed by atoms with van der Waals surface area (Å²) in [6.07, 6.45) is 4.36. The lowest BCUT2D eigenvalue weighted by Crippen LogP contribution is -2.48. The zero-order valence-electron chi connectivity index (χ0n) is 28.2. The summed E-state index contributed by atoms with van der Waals surface area (Å²) in [7, 11) is 3.74. The second-order valence-electron chi connectivity index (χ2n) is 13.2. The Balaban J connectivity index is 1.34. The molecule has 3 atom stereocenters. The molecule has 0 saturated carbocycles. The summed E-state index contributed by atoms with van der Waals surface area (Å²) in [5.41, 5.74) is 3.14. The molecule has 1 fully saturated rings. The molecular weight excluding hydrogens is 628 g/mol. The lowest BCUT2D eigenvalue weighted by atomic mass is 9.99. The Labute approximate surface area is 286 Å². The number of aryl methyl sites for hydroxylation is 1. The number of carbonyl (C=O) groups excluding carboxylic acids is 2. The second-order valence-corrected chi connectivity index (χ2v) is 14.1. The molecule has 9 nitrogen and oxygen atoms in total. The summed E-state index contributed by atoms with van der Waals surface area (Å²) in [5.74, 6) is -0.522. The van der Waals surface area contributed by atoms with E-state index in [0.29, 0.717) is 36.2 Å². The molecule has 0 radical (unpaired) electrons. The van der Waals surface area contributed by atoms with Crippen LogP contribution in [0.25, 0.3) is 0 Å². The fourth-order valence-electron chi connectivity index (χ4n) is 5.90. The third-order valence-corrected chi connectivity index (χ3v) is 9.69. The van der Waals surface area contributed by atoms with E-state index in [2.05, 4.69) is 20.6 Å². The molecule has 2 aromatic heterocycles. The molecule has 0 aliphatic carbocycles. The van der Waals surface area contributed by atoms with Crippen LogP contribution in [0.4, 0.5) is 10.1 Å². The Morgan fingerprint density at radius 3 is 2.54 bits per heavy atom. The maximum Gasteiger partial charge on any atom is 0.254 e. The highest BCUT2D eigenvalue weighted by atomic mass is 32.1. The van der Waals surface area contributed by atoms with Crippen molar-refractivity contribution >= 4 is 28.8 Å². The first-order valence-corrected chi connectivity index (χ1v) is 17.2. The van der Waals surface area contributed by atoms with Crippen molar-refractivity contribution < 1.29 is 19.1 Å². The van der Waals surface area contributed by atoms with Crippen molar-refractivity contribution in [3.05, 3.63) is 111 Å². The number of likely N-dealkylation sites (tertiary alicyclic amines) is 1. The van der Waals surface area contributed by atoms with E-state index >= 15 is 0 Å². The second kappa shape index (κ2) is 15.4. The molecule has 1 aliphatic rings. The highest BCUT2D eigenvalue weighted by molar-refractivity contribution is 7.09. The molecule has 2 amide bonds. The summed E-state index contributed by atoms with van der Waals surface area (Å²) in [4.78, 5) is 40.4. The summed E-state index contributed by atoms with van der Waals surface area (Å²) in [6, 6.07) is 15.9. The number of aliphatic hydroxyl groups excluding tert-OH is 1. The molecule has 3 heterocycles. The van der Waals surface area contributed by atoms with Crippen LogP contribution in [-0.2, 0) is 18.6 Å². The number of halogens is 1. The van der Waals surface area contributed by atoms with Crippen molar-refractivity contribution in [3.8, 4) is 0 Å². The van der Waals surface area contributed by atoms with Gasteiger partial charge in [-0.05, 0) is 75.4 Å². The Morgan fingerprint density at radius 2 is 1.85 bits per heavy atom. The van der Waals surface area contributed by atoms with Gasteiger partial charge in [-0.3, -0.25) is 14.6 Å². The van der Waals surface area contributed by atoms with Crippen molar-refractivity contribution in [1.29, 1.82) is 0 Å². The Morgan fingerprint density at radius 1 is 1.10 bits per heavy atom. The van der Waals surface area contributed by atoms with Gasteiger partial charge in [0.2, 0.25) is 0 Å². The molecule has 1 saturated heterocycles. The summed E-state index contributed by atoms with van der Waals surface area (Å²) in [6.45, 7) is 6.10. The topological polar surface area (TPSA) is 111 Å². The van der Waals surface area contributed by atoms with Crippen LogP contribution in [0.1, 0.15) is 80.8 Å². The molecule has 3 N–H and O–H groups in total. The molecule has 4 aromatic rings. The molecular formula is C37H45FN6O3S. The minimum absolute atomic E-state index is 0.0869. The predicted molar refractivity (Wildman–Crippen MR) is 188 cm³/mol. The van der Waals surface area contributed by atoms with E-state index in [1.807, 2.05) is 72.6 Å². The van der Waals surface area contributed by atoms with Crippen molar-refractivity contribution in [2.45, 2.75) is 70.4 Å². The number of nitrogens with one attached hydrogen (secondary N) is 2. The van der Waals surface area contributed by atoms with Gasteiger partial charge in [-0.15, -0.1) is 11.3 Å². The van der Waals surface area contributed by atoms with E-state index in [-0.39, 0.29) is 24.4 Å². The number of aromatic nitrogens is 2. The van der Waals surface area contributed by atoms with Crippen LogP contribution in [-0.4, -0.2) is 71.1 Å². The Hall–Kier alpha value is -4.19. The van der Waals surface area contributed by atoms with E-state index in [0.717, 1.165) is 40.4 Å². The number of rotatable bonds is 13. The minimum atomic E-state index is -1.52. The van der Waals surface area contributed by atoms with Gasteiger partial charge >= 0.3 is 0 Å². The van der Waals surface area contributed by atoms with Gasteiger partial charge in [0.1, 0.15) is 10.7 Å². The first-order valence-electron chi connectivity index (χ1n) is 16.3. The molecule has 5 rings (SSSR count). The van der Waals surface area contributed by atoms with Gasteiger partial charge in [0, 0.05) is 79.6 Å². The number of benzene rings is 2. The Kier molecular flexibility index (Phi) is 11.2. The van der Waals surface area contributed by atoms with Crippen LogP contribution in [0, 0.1) is 6.92 Å². The van der Waals surface area contributed by atoms with Gasteiger partial charge in [-0.25, -0.2) is 9.37 Å². The zero-order chi connectivity index (χ0) is 34.4. The molecule has 254 valence electrons. The SMILES string of the molecule is Cc1csc(C2CCCN2C(=O)c2cc(C(=O)NC(Cc3ccccc3)C(O)CNCc3cncc(C(C)(C)F)c3)cc(N(C)C)c2)n1. The van der Waals surface area contributed by atoms with Gasteiger partial charge in [0.25, 0.3) is 11.8 Å². The maximum absolute atomic E-state index is 14.5. The molecule has 0 spiro atoms. The van der Waals surface area contributed by atoms with Crippen molar-refractivity contribution in [1.82, 2.24) is 25.5 Å². The number of anilines is 1. The summed E-state index contributed by atoms with van der Waals surface area (Å²) in [5, 5.41) is 20.6. The largest absolute Gasteiger partial charge is 0.390 e. The van der Waals surface area contributed by atoms with Gasteiger partial charge < -0.3 is 25.5 Å². The van der Waals surface area contributed by atoms with Gasteiger partial charge in [0.15, 0.2) is 0 Å². The van der Waals surface area contributed by atoms with E-state index < -0.39 is 17.8 Å². The highest BCUT2D eigenvalue weighted by Crippen LogP contribution is 2.35. The fourth-order valence-corrected chi connectivity index (χ4v) is 6.84. The number of alkyl halides is 1. The van der Waals surface area contributed by atoms with E-state index in [1.165, 1.54) is 20.0 Å². The third kappa shape index (κ3) is 8.83. The molecule has 11 heteroatoms. The van der Waals surface area contributed by atoms with Crippen LogP contribution in [0.3, 0.4) is 0 Å². The predicted octanol–water partition coefficient (Wildman–Crippen LogP) is 5.59. The standard InChI is InChI=1S/C37H45FN6O3S/c1-24-23-48-35(41-24)32-12-9-13-44(32)36(47)28-16-27(17-30(18-28)43(4)5)34(46)42-31(15-25-10-7-6-8-11-25)33(45)22-40-20-26-14-29(21-39-19-26)37(2,3)38/h6-8,10-11,14,16-19,21,23,31-33,40,45H,9,12-13,15,20,22H2,1-5H3,(H,42,46). The average Bonchev–Trinajstić information content (AvgIpc) is 3.73. The lowest BCUT2D eigenvalue weighted by Gasteiger charge is -2.26. The number of amides is 2. The average molecular weight is 673 g/mol. The van der Waals surface area contributed by atoms with Crippen molar-refractivity contribution in [2.75, 3.05) is 32.1 Å². The minimum Gasteiger partial charge on any atom is -0.390 e. The first-order chi connectivity index (χ1) is 22.9. The van der Waals surface area contributed by atoms with Gasteiger partial charge in [0.05, 0.1) is 18.2 Å². The van der Waals surface area contributed by atoms with Crippen LogP contribution >= 0.6 is 11.3 Å². The number of pyridine rings is 1. The fraction of sp³-hybridized carbons (Fsp3) is 0.405. The van der Waals surface area contributed by atoms with E-state index in [9.17, 15) is 19.1 Å². The number of aliphatic hydroxyl groups is 1. The van der Waals surface area contributed by atoms with E-state index in [1.54, 1.807) is 35.7 Å². The number of nitrogens with zero attached hydrogens (tertiary/aromatic N) is 4. The van der Waals surface area contributed by atoms with Crippen LogP contribution < -0.4 is 15.5 Å². The molecule has 2 aromatic carbocycles. The van der Waals surface area contributed by atoms with Crippen molar-refractivity contribution in [2.24, 2.45) is 0 Å². The van der Waals surface area contributed by atoms with Crippen LogP contribution in [0.2, 0.25) is 0 Å². The summed E-state index contributed by atoms with van der Waals surface area (Å²) >= 11 is 1.57. The van der Waals surface area contributed by atoms with Gasteiger partial charge in [-0.2, -0.15) is 0 Å². The highest BCUT2D eigenvalue weighted by Gasteiger charge is 2.33. The van der Waals surface area contributed by atoms with E-state index in [4.69, 9.17) is 0 Å². The number of carbonyl (C=O) groups is 2. The zero-order valence-corrected chi connectivity index (χ0v) is 29.1. The quantitative estimate of drug-likeness (QED) is 0.170. The number of thiazole rings is 1. The normalized spacial score (nSPS) is 16.1. The number of hydrogen-bond acceptors (Lipinski definition) is 8. The monoisotopic (exact) mass is 672 g/mol. The van der Waals surface area contributed by atoms with Crippen LogP contribution in [0.5, 0.6) is 0 Å². The molecule has 48 heavy (non-hydrogen) atoms. The van der Waals surface area contributed by atoms with Gasteiger partial charge in [-0.1, -0.05) is 30.3 Å². The third-order valence-electron chi connectivity index (χ3n) is 8.62. The molecule has 1 aliphatic heterocycles. The Bertz CT molecular complexity index is 1710. The van der Waals surface area contributed by atoms with Crippen molar-refractivity contribution in [3.63, 3.8) is 0 Å². The number of hydrogen-bond donors (Lipinski definition) is 3.